The third-order valence-electron chi connectivity index (χ3n) is 4.35. The number of hydrogen-bond donors (Lipinski definition) is 0. The molecule has 4 aromatic rings. The van der Waals surface area contributed by atoms with E-state index in [4.69, 9.17) is 0 Å². The van der Waals surface area contributed by atoms with Gasteiger partial charge in [-0.05, 0) is 38.5 Å². The summed E-state index contributed by atoms with van der Waals surface area (Å²) in [6.07, 6.45) is 6.39. The molecule has 0 N–H and O–H groups in total. The fourth-order valence-electron chi connectivity index (χ4n) is 3.11. The molecule has 5 nitrogen and oxygen atoms in total. The third kappa shape index (κ3) is 3.80. The molecule has 4 rings (SSSR count). The first kappa shape index (κ1) is 18.3. The SMILES string of the molecule is CCCc1cc(-c2nnc(SCc3cn4ccccc4n3)n2C(C)C)cs1. The largest absolute Gasteiger partial charge is 0.307 e. The maximum Gasteiger partial charge on any atom is 0.192 e. The van der Waals surface area contributed by atoms with Gasteiger partial charge in [0, 0.05) is 40.0 Å². The standard InChI is InChI=1S/C20H23N5S2/c1-4-7-17-10-15(12-26-17)19-22-23-20(25(19)14(2)3)27-13-16-11-24-9-6-5-8-18(24)21-16/h5-6,8-12,14H,4,7,13H2,1-3H3. The molecule has 7 heteroatoms. The van der Waals surface area contributed by atoms with Crippen LogP contribution in [-0.2, 0) is 12.2 Å². The van der Waals surface area contributed by atoms with E-state index < -0.39 is 0 Å². The minimum Gasteiger partial charge on any atom is -0.307 e. The Labute approximate surface area is 167 Å². The molecular formula is C20H23N5S2. The van der Waals surface area contributed by atoms with Crippen LogP contribution in [0.15, 0.2) is 47.2 Å². The predicted molar refractivity (Wildman–Crippen MR) is 112 cm³/mol. The molecule has 0 radical (unpaired) electrons. The number of fused-ring (bicyclic) bond motifs is 1. The van der Waals surface area contributed by atoms with Gasteiger partial charge < -0.3 is 4.40 Å². The molecule has 0 aliphatic carbocycles. The Bertz CT molecular complexity index is 1010. The van der Waals surface area contributed by atoms with Gasteiger partial charge in [-0.1, -0.05) is 31.2 Å². The zero-order valence-electron chi connectivity index (χ0n) is 15.8. The molecule has 0 aliphatic rings. The molecule has 27 heavy (non-hydrogen) atoms. The zero-order chi connectivity index (χ0) is 18.8. The lowest BCUT2D eigenvalue weighted by Gasteiger charge is -2.12. The number of nitrogens with zero attached hydrogens (tertiary/aromatic N) is 5. The van der Waals surface area contributed by atoms with Crippen LogP contribution < -0.4 is 0 Å². The van der Waals surface area contributed by atoms with Crippen molar-refractivity contribution in [3.63, 3.8) is 0 Å². The van der Waals surface area contributed by atoms with E-state index in [1.54, 1.807) is 11.8 Å². The molecule has 0 bridgehead atoms. The molecule has 4 aromatic heterocycles. The number of rotatable bonds is 7. The molecule has 0 unspecified atom stereocenters. The fourth-order valence-corrected chi connectivity index (χ4v) is 5.03. The molecule has 0 aromatic carbocycles. The van der Waals surface area contributed by atoms with Crippen molar-refractivity contribution < 1.29 is 0 Å². The smallest absolute Gasteiger partial charge is 0.192 e. The summed E-state index contributed by atoms with van der Waals surface area (Å²) >= 11 is 3.50. The topological polar surface area (TPSA) is 48.0 Å². The highest BCUT2D eigenvalue weighted by molar-refractivity contribution is 7.98. The summed E-state index contributed by atoms with van der Waals surface area (Å²) in [5, 5.41) is 12.1. The van der Waals surface area contributed by atoms with Crippen LogP contribution in [0.1, 0.15) is 43.8 Å². The van der Waals surface area contributed by atoms with Gasteiger partial charge in [0.1, 0.15) is 5.65 Å². The van der Waals surface area contributed by atoms with Crippen LogP contribution in [0.5, 0.6) is 0 Å². The second kappa shape index (κ2) is 7.86. The number of thiophene rings is 1. The van der Waals surface area contributed by atoms with Gasteiger partial charge in [-0.2, -0.15) is 0 Å². The highest BCUT2D eigenvalue weighted by atomic mass is 32.2. The van der Waals surface area contributed by atoms with E-state index in [-0.39, 0.29) is 0 Å². The van der Waals surface area contributed by atoms with Crippen molar-refractivity contribution in [2.45, 2.75) is 50.6 Å². The van der Waals surface area contributed by atoms with Crippen molar-refractivity contribution in [1.82, 2.24) is 24.1 Å². The van der Waals surface area contributed by atoms with Crippen LogP contribution >= 0.6 is 23.1 Å². The van der Waals surface area contributed by atoms with Gasteiger partial charge >= 0.3 is 0 Å². The summed E-state index contributed by atoms with van der Waals surface area (Å²) in [7, 11) is 0. The van der Waals surface area contributed by atoms with E-state index in [1.165, 1.54) is 10.4 Å². The molecule has 0 fully saturated rings. The van der Waals surface area contributed by atoms with E-state index >= 15 is 0 Å². The zero-order valence-corrected chi connectivity index (χ0v) is 17.4. The van der Waals surface area contributed by atoms with Crippen LogP contribution in [0.25, 0.3) is 17.0 Å². The van der Waals surface area contributed by atoms with Crippen LogP contribution in [0.3, 0.4) is 0 Å². The predicted octanol–water partition coefficient (Wildman–Crippen LogP) is 5.48. The molecule has 4 heterocycles. The van der Waals surface area contributed by atoms with Crippen molar-refractivity contribution in [3.8, 4) is 11.4 Å². The van der Waals surface area contributed by atoms with Gasteiger partial charge in [-0.25, -0.2) is 4.98 Å². The number of aromatic nitrogens is 5. The maximum absolute atomic E-state index is 4.68. The maximum atomic E-state index is 4.68. The molecule has 0 amide bonds. The fraction of sp³-hybridized carbons (Fsp3) is 0.350. The van der Waals surface area contributed by atoms with Crippen molar-refractivity contribution in [1.29, 1.82) is 0 Å². The molecule has 0 spiro atoms. The number of pyridine rings is 1. The Kier molecular flexibility index (Phi) is 5.31. The molecule has 0 atom stereocenters. The number of hydrogen-bond acceptors (Lipinski definition) is 5. The van der Waals surface area contributed by atoms with Gasteiger partial charge in [0.25, 0.3) is 0 Å². The quantitative estimate of drug-likeness (QED) is 0.387. The summed E-state index contributed by atoms with van der Waals surface area (Å²) in [6, 6.07) is 8.60. The number of thioether (sulfide) groups is 1. The van der Waals surface area contributed by atoms with Gasteiger partial charge in [0.2, 0.25) is 0 Å². The lowest BCUT2D eigenvalue weighted by Crippen LogP contribution is -2.04. The monoisotopic (exact) mass is 397 g/mol. The van der Waals surface area contributed by atoms with Gasteiger partial charge in [-0.3, -0.25) is 4.57 Å². The van der Waals surface area contributed by atoms with E-state index in [9.17, 15) is 0 Å². The van der Waals surface area contributed by atoms with Crippen molar-refractivity contribution >= 4 is 28.7 Å². The van der Waals surface area contributed by atoms with Crippen LogP contribution in [-0.4, -0.2) is 24.1 Å². The minimum atomic E-state index is 0.299. The number of aryl methyl sites for hydroxylation is 1. The first-order valence-corrected chi connectivity index (χ1v) is 11.1. The number of imidazole rings is 1. The summed E-state index contributed by atoms with van der Waals surface area (Å²) in [5.41, 5.74) is 3.19. The molecule has 0 saturated heterocycles. The van der Waals surface area contributed by atoms with E-state index in [2.05, 4.69) is 62.6 Å². The summed E-state index contributed by atoms with van der Waals surface area (Å²) in [5.74, 6) is 1.73. The van der Waals surface area contributed by atoms with E-state index in [0.29, 0.717) is 6.04 Å². The Hall–Kier alpha value is -2.12. The second-order valence-corrected chi connectivity index (χ2v) is 8.75. The summed E-state index contributed by atoms with van der Waals surface area (Å²) < 4.78 is 4.29. The second-order valence-electron chi connectivity index (χ2n) is 6.81. The molecule has 0 saturated carbocycles. The highest BCUT2D eigenvalue weighted by Gasteiger charge is 2.18. The summed E-state index contributed by atoms with van der Waals surface area (Å²) in [4.78, 5) is 6.08. The van der Waals surface area contributed by atoms with Gasteiger partial charge in [-0.15, -0.1) is 21.5 Å². The average Bonchev–Trinajstić information content (AvgIpc) is 3.37. The molecule has 140 valence electrons. The van der Waals surface area contributed by atoms with Crippen molar-refractivity contribution in [3.05, 3.63) is 52.6 Å². The van der Waals surface area contributed by atoms with Gasteiger partial charge in [0.05, 0.1) is 5.69 Å². The van der Waals surface area contributed by atoms with Crippen LogP contribution in [0.2, 0.25) is 0 Å². The Balaban J connectivity index is 1.58. The normalized spacial score (nSPS) is 11.7. The third-order valence-corrected chi connectivity index (χ3v) is 6.33. The van der Waals surface area contributed by atoms with Gasteiger partial charge in [0.15, 0.2) is 11.0 Å². The average molecular weight is 398 g/mol. The van der Waals surface area contributed by atoms with Crippen LogP contribution in [0, 0.1) is 0 Å². The van der Waals surface area contributed by atoms with E-state index in [0.717, 1.165) is 40.9 Å². The lowest BCUT2D eigenvalue weighted by molar-refractivity contribution is 0.555. The van der Waals surface area contributed by atoms with Crippen molar-refractivity contribution in [2.75, 3.05) is 0 Å². The Morgan fingerprint density at radius 1 is 1.22 bits per heavy atom. The van der Waals surface area contributed by atoms with Crippen LogP contribution in [0.4, 0.5) is 0 Å². The van der Waals surface area contributed by atoms with Crippen molar-refractivity contribution in [2.24, 2.45) is 0 Å². The summed E-state index contributed by atoms with van der Waals surface area (Å²) in [6.45, 7) is 6.58. The first-order valence-electron chi connectivity index (χ1n) is 9.23. The Morgan fingerprint density at radius 2 is 2.11 bits per heavy atom. The first-order chi connectivity index (χ1) is 13.2. The lowest BCUT2D eigenvalue weighted by atomic mass is 10.2. The molecular weight excluding hydrogens is 374 g/mol. The van der Waals surface area contributed by atoms with E-state index in [1.807, 2.05) is 35.7 Å². The Morgan fingerprint density at radius 3 is 2.89 bits per heavy atom. The molecule has 0 aliphatic heterocycles. The minimum absolute atomic E-state index is 0.299. The highest BCUT2D eigenvalue weighted by Crippen LogP contribution is 2.32.